The van der Waals surface area contributed by atoms with Crippen LogP contribution < -0.4 is 0 Å². The summed E-state index contributed by atoms with van der Waals surface area (Å²) in [4.78, 5) is 14.9. The van der Waals surface area contributed by atoms with Crippen LogP contribution in [0.4, 0.5) is 0 Å². The molecule has 0 N–H and O–H groups in total. The number of carbonyl (C=O) groups is 1. The molecule has 2 aromatic heterocycles. The largest absolute Gasteiger partial charge is 0.337 e. The Balaban J connectivity index is 1.61. The number of rotatable bonds is 2. The van der Waals surface area contributed by atoms with Gasteiger partial charge >= 0.3 is 0 Å². The van der Waals surface area contributed by atoms with Gasteiger partial charge in [0.25, 0.3) is 5.91 Å². The Labute approximate surface area is 140 Å². The van der Waals surface area contributed by atoms with E-state index >= 15 is 0 Å². The highest BCUT2D eigenvalue weighted by atomic mass is 16.2. The van der Waals surface area contributed by atoms with Crippen LogP contribution in [0.3, 0.4) is 0 Å². The fourth-order valence-corrected chi connectivity index (χ4v) is 3.58. The Morgan fingerprint density at radius 3 is 2.75 bits per heavy atom. The first-order valence-electron chi connectivity index (χ1n) is 8.06. The molecule has 3 aromatic rings. The summed E-state index contributed by atoms with van der Waals surface area (Å²) >= 11 is 0. The number of hydrogen-bond donors (Lipinski definition) is 0. The quantitative estimate of drug-likeness (QED) is 0.727. The zero-order valence-electron chi connectivity index (χ0n) is 13.8. The normalized spacial score (nSPS) is 19.8. The molecule has 1 saturated heterocycles. The van der Waals surface area contributed by atoms with Crippen LogP contribution >= 0.6 is 0 Å². The average Bonchev–Trinajstić information content (AvgIpc) is 3.17. The van der Waals surface area contributed by atoms with Crippen molar-refractivity contribution in [3.63, 3.8) is 0 Å². The Morgan fingerprint density at radius 2 is 1.96 bits per heavy atom. The first-order valence-corrected chi connectivity index (χ1v) is 8.06. The smallest absolute Gasteiger partial charge is 0.255 e. The van der Waals surface area contributed by atoms with E-state index in [9.17, 15) is 4.79 Å². The number of likely N-dealkylation sites (tertiary alicyclic amines) is 1. The maximum absolute atomic E-state index is 12.9. The highest BCUT2D eigenvalue weighted by Gasteiger charge is 2.42. The van der Waals surface area contributed by atoms with Crippen LogP contribution in [0.1, 0.15) is 35.7 Å². The van der Waals surface area contributed by atoms with E-state index in [0.29, 0.717) is 17.1 Å². The van der Waals surface area contributed by atoms with Crippen LogP contribution in [0.25, 0.3) is 5.65 Å². The third kappa shape index (κ3) is 2.44. The van der Waals surface area contributed by atoms with Gasteiger partial charge in [-0.25, -0.2) is 0 Å². The second-order valence-electron chi connectivity index (χ2n) is 7.04. The molecule has 0 radical (unpaired) electrons. The van der Waals surface area contributed by atoms with Crippen molar-refractivity contribution in [2.45, 2.75) is 19.8 Å². The van der Waals surface area contributed by atoms with Crippen LogP contribution in [-0.2, 0) is 0 Å². The van der Waals surface area contributed by atoms with Crippen molar-refractivity contribution in [2.75, 3.05) is 13.1 Å². The van der Waals surface area contributed by atoms with Gasteiger partial charge in [0.1, 0.15) is 0 Å². The maximum atomic E-state index is 12.9. The van der Waals surface area contributed by atoms with Gasteiger partial charge in [-0.1, -0.05) is 44.2 Å². The Morgan fingerprint density at radius 1 is 1.17 bits per heavy atom. The molecule has 0 unspecified atom stereocenters. The van der Waals surface area contributed by atoms with E-state index in [-0.39, 0.29) is 11.3 Å². The topological polar surface area (TPSA) is 63.4 Å². The maximum Gasteiger partial charge on any atom is 0.255 e. The first kappa shape index (κ1) is 14.8. The Hall–Kier alpha value is -2.76. The molecule has 1 aliphatic rings. The van der Waals surface area contributed by atoms with Crippen molar-refractivity contribution >= 4 is 11.6 Å². The van der Waals surface area contributed by atoms with Gasteiger partial charge in [-0.2, -0.15) is 4.52 Å². The van der Waals surface area contributed by atoms with E-state index in [0.717, 1.165) is 13.1 Å². The van der Waals surface area contributed by atoms with Gasteiger partial charge in [-0.15, -0.1) is 5.10 Å². The summed E-state index contributed by atoms with van der Waals surface area (Å²) in [5, 5.41) is 11.3. The summed E-state index contributed by atoms with van der Waals surface area (Å²) in [5.74, 6) is 0.360. The van der Waals surface area contributed by atoms with E-state index in [2.05, 4.69) is 53.6 Å². The molecular weight excluding hydrogens is 302 g/mol. The Bertz CT molecular complexity index is 887. The fraction of sp³-hybridized carbons (Fsp3) is 0.333. The highest BCUT2D eigenvalue weighted by Crippen LogP contribution is 2.42. The van der Waals surface area contributed by atoms with E-state index in [1.165, 1.54) is 10.1 Å². The second kappa shape index (κ2) is 5.40. The van der Waals surface area contributed by atoms with Gasteiger partial charge < -0.3 is 4.90 Å². The monoisotopic (exact) mass is 321 g/mol. The molecule has 0 saturated carbocycles. The van der Waals surface area contributed by atoms with E-state index in [4.69, 9.17) is 0 Å². The summed E-state index contributed by atoms with van der Waals surface area (Å²) < 4.78 is 1.53. The summed E-state index contributed by atoms with van der Waals surface area (Å²) in [6.45, 7) is 5.91. The van der Waals surface area contributed by atoms with Crippen LogP contribution in [-0.4, -0.2) is 43.9 Å². The number of tetrazole rings is 1. The average molecular weight is 321 g/mol. The Kier molecular flexibility index (Phi) is 3.33. The SMILES string of the molecule is CC1(C)CN(C(=O)c2ccc3nnnn3c2)C[C@H]1c1ccccc1. The number of amides is 1. The number of hydrogen-bond acceptors (Lipinski definition) is 4. The number of aromatic nitrogens is 4. The molecule has 6 nitrogen and oxygen atoms in total. The molecular formula is C18H19N5O. The molecule has 4 rings (SSSR count). The van der Waals surface area contributed by atoms with E-state index in [1.54, 1.807) is 18.3 Å². The molecule has 1 amide bonds. The number of pyridine rings is 1. The molecule has 24 heavy (non-hydrogen) atoms. The zero-order chi connectivity index (χ0) is 16.7. The van der Waals surface area contributed by atoms with Crippen molar-refractivity contribution < 1.29 is 4.79 Å². The molecule has 1 aromatic carbocycles. The van der Waals surface area contributed by atoms with Gasteiger partial charge in [0.15, 0.2) is 5.65 Å². The van der Waals surface area contributed by atoms with Gasteiger partial charge in [0, 0.05) is 25.2 Å². The lowest BCUT2D eigenvalue weighted by atomic mass is 9.78. The van der Waals surface area contributed by atoms with Gasteiger partial charge in [0.05, 0.1) is 5.56 Å². The van der Waals surface area contributed by atoms with Crippen LogP contribution in [0, 0.1) is 5.41 Å². The number of carbonyl (C=O) groups excluding carboxylic acids is 1. The summed E-state index contributed by atoms with van der Waals surface area (Å²) in [7, 11) is 0. The minimum absolute atomic E-state index is 0.0268. The lowest BCUT2D eigenvalue weighted by Gasteiger charge is -2.25. The molecule has 0 aliphatic carbocycles. The van der Waals surface area contributed by atoms with E-state index < -0.39 is 0 Å². The zero-order valence-corrected chi connectivity index (χ0v) is 13.8. The minimum Gasteiger partial charge on any atom is -0.337 e. The number of benzene rings is 1. The van der Waals surface area contributed by atoms with Gasteiger partial charge in [0.2, 0.25) is 0 Å². The molecule has 122 valence electrons. The van der Waals surface area contributed by atoms with Crippen molar-refractivity contribution in [2.24, 2.45) is 5.41 Å². The molecule has 3 heterocycles. The second-order valence-corrected chi connectivity index (χ2v) is 7.04. The van der Waals surface area contributed by atoms with Crippen LogP contribution in [0.2, 0.25) is 0 Å². The van der Waals surface area contributed by atoms with Crippen molar-refractivity contribution in [1.82, 2.24) is 24.9 Å². The molecule has 1 atom stereocenters. The summed E-state index contributed by atoms with van der Waals surface area (Å²) in [6, 6.07) is 14.0. The molecule has 1 aliphatic heterocycles. The predicted molar refractivity (Wildman–Crippen MR) is 89.6 cm³/mol. The summed E-state index contributed by atoms with van der Waals surface area (Å²) in [5.41, 5.74) is 2.57. The number of fused-ring (bicyclic) bond motifs is 1. The standard InChI is InChI=1S/C18H19N5O/c1-18(2)12-22(11-15(18)13-6-4-3-5-7-13)17(24)14-8-9-16-19-20-21-23(16)10-14/h3-10,15H,11-12H2,1-2H3/t15-/m0/s1. The van der Waals surface area contributed by atoms with Crippen molar-refractivity contribution in [3.8, 4) is 0 Å². The van der Waals surface area contributed by atoms with Crippen LogP contribution in [0.5, 0.6) is 0 Å². The van der Waals surface area contributed by atoms with Crippen molar-refractivity contribution in [3.05, 3.63) is 59.8 Å². The third-order valence-corrected chi connectivity index (χ3v) is 4.87. The van der Waals surface area contributed by atoms with Crippen molar-refractivity contribution in [1.29, 1.82) is 0 Å². The lowest BCUT2D eigenvalue weighted by Crippen LogP contribution is -2.30. The number of nitrogens with zero attached hydrogens (tertiary/aromatic N) is 5. The first-order chi connectivity index (χ1) is 11.5. The third-order valence-electron chi connectivity index (χ3n) is 4.87. The molecule has 0 bridgehead atoms. The lowest BCUT2D eigenvalue weighted by molar-refractivity contribution is 0.0777. The molecule has 6 heteroatoms. The van der Waals surface area contributed by atoms with E-state index in [1.807, 2.05) is 11.0 Å². The van der Waals surface area contributed by atoms with Gasteiger partial charge in [-0.05, 0) is 33.5 Å². The molecule has 0 spiro atoms. The summed E-state index contributed by atoms with van der Waals surface area (Å²) in [6.07, 6.45) is 1.69. The highest BCUT2D eigenvalue weighted by molar-refractivity contribution is 5.94. The molecule has 1 fully saturated rings. The van der Waals surface area contributed by atoms with Crippen LogP contribution in [0.15, 0.2) is 48.7 Å². The fourth-order valence-electron chi connectivity index (χ4n) is 3.58. The minimum atomic E-state index is 0.0268. The predicted octanol–water partition coefficient (Wildman–Crippen LogP) is 2.39. The van der Waals surface area contributed by atoms with Gasteiger partial charge in [-0.3, -0.25) is 4.79 Å².